The lowest BCUT2D eigenvalue weighted by atomic mass is 10.2. The van der Waals surface area contributed by atoms with E-state index in [1.165, 1.54) is 30.3 Å². The van der Waals surface area contributed by atoms with E-state index in [0.29, 0.717) is 5.56 Å². The number of nitrogens with one attached hydrogen (secondary N) is 1. The Hall–Kier alpha value is -2.70. The van der Waals surface area contributed by atoms with Crippen molar-refractivity contribution in [3.8, 4) is 0 Å². The summed E-state index contributed by atoms with van der Waals surface area (Å²) >= 11 is 0. The molecule has 0 spiro atoms. The van der Waals surface area contributed by atoms with E-state index >= 15 is 0 Å². The Morgan fingerprint density at radius 3 is 2.50 bits per heavy atom. The third-order valence-electron chi connectivity index (χ3n) is 2.09. The molecule has 0 bridgehead atoms. The number of halogens is 1. The van der Waals surface area contributed by atoms with Gasteiger partial charge in [-0.3, -0.25) is 9.59 Å². The fraction of sp³-hybridized carbons (Fsp3) is 0.154. The Labute approximate surface area is 114 Å². The molecule has 1 aromatic carbocycles. The summed E-state index contributed by atoms with van der Waals surface area (Å²) in [6.07, 6.45) is 2.53. The minimum absolute atomic E-state index is 0.318. The van der Waals surface area contributed by atoms with Gasteiger partial charge in [0.2, 0.25) is 5.91 Å². The molecule has 6 nitrogen and oxygen atoms in total. The van der Waals surface area contributed by atoms with Crippen LogP contribution in [0.4, 0.5) is 4.39 Å². The molecule has 0 aliphatic carbocycles. The monoisotopic (exact) mass is 280 g/mol. The van der Waals surface area contributed by atoms with Gasteiger partial charge in [-0.15, -0.1) is 0 Å². The molecule has 106 valence electrons. The van der Waals surface area contributed by atoms with Crippen LogP contribution in [0.25, 0.3) is 6.08 Å². The standard InChI is InChI=1S/C13H13FN2O4/c14-10-4-1-9(2-5-10)3-6-13(19)20-8-12(18)16-7-11(15)17/h1-6H,7-8H2,(H2,15,17)(H,16,18)/b6-3+. The minimum atomic E-state index is -0.733. The molecule has 0 heterocycles. The van der Waals surface area contributed by atoms with E-state index < -0.39 is 24.4 Å². The number of nitrogens with two attached hydrogens (primary N) is 1. The van der Waals surface area contributed by atoms with E-state index in [2.05, 4.69) is 10.1 Å². The van der Waals surface area contributed by atoms with Crippen LogP contribution in [0.15, 0.2) is 30.3 Å². The topological polar surface area (TPSA) is 98.5 Å². The number of hydrogen-bond donors (Lipinski definition) is 2. The molecule has 0 saturated carbocycles. The van der Waals surface area contributed by atoms with Gasteiger partial charge in [-0.25, -0.2) is 9.18 Å². The van der Waals surface area contributed by atoms with Crippen molar-refractivity contribution in [2.75, 3.05) is 13.2 Å². The van der Waals surface area contributed by atoms with Crippen LogP contribution < -0.4 is 11.1 Å². The van der Waals surface area contributed by atoms with Gasteiger partial charge in [0.1, 0.15) is 5.82 Å². The summed E-state index contributed by atoms with van der Waals surface area (Å²) < 4.78 is 17.2. The molecule has 0 atom stereocenters. The first-order chi connectivity index (χ1) is 9.47. The number of ether oxygens (including phenoxy) is 1. The SMILES string of the molecule is NC(=O)CNC(=O)COC(=O)/C=C/c1ccc(F)cc1. The van der Waals surface area contributed by atoms with E-state index in [9.17, 15) is 18.8 Å². The molecule has 0 aromatic heterocycles. The van der Waals surface area contributed by atoms with Crippen LogP contribution in [0.1, 0.15) is 5.56 Å². The maximum absolute atomic E-state index is 12.6. The van der Waals surface area contributed by atoms with Crippen LogP contribution in [0.3, 0.4) is 0 Å². The summed E-state index contributed by atoms with van der Waals surface area (Å²) in [6, 6.07) is 5.47. The van der Waals surface area contributed by atoms with Gasteiger partial charge in [-0.2, -0.15) is 0 Å². The second kappa shape index (κ2) is 7.67. The zero-order valence-corrected chi connectivity index (χ0v) is 10.5. The van der Waals surface area contributed by atoms with Gasteiger partial charge in [-0.1, -0.05) is 12.1 Å². The average molecular weight is 280 g/mol. The van der Waals surface area contributed by atoms with Crippen LogP contribution in [0.2, 0.25) is 0 Å². The molecule has 0 fully saturated rings. The lowest BCUT2D eigenvalue weighted by molar-refractivity contribution is -0.143. The fourth-order valence-electron chi connectivity index (χ4n) is 1.16. The molecule has 2 amide bonds. The summed E-state index contributed by atoms with van der Waals surface area (Å²) in [5.74, 6) is -2.44. The first kappa shape index (κ1) is 15.4. The number of hydrogen-bond acceptors (Lipinski definition) is 4. The van der Waals surface area contributed by atoms with Crippen LogP contribution >= 0.6 is 0 Å². The van der Waals surface area contributed by atoms with Gasteiger partial charge >= 0.3 is 5.97 Å². The van der Waals surface area contributed by atoms with Crippen molar-refractivity contribution in [3.05, 3.63) is 41.7 Å². The largest absolute Gasteiger partial charge is 0.452 e. The second-order valence-corrected chi connectivity index (χ2v) is 3.74. The maximum atomic E-state index is 12.6. The van der Waals surface area contributed by atoms with Crippen molar-refractivity contribution in [2.45, 2.75) is 0 Å². The van der Waals surface area contributed by atoms with Crippen LogP contribution in [-0.4, -0.2) is 30.9 Å². The van der Waals surface area contributed by atoms with Gasteiger partial charge in [0.05, 0.1) is 6.54 Å². The van der Waals surface area contributed by atoms with E-state index in [0.717, 1.165) is 6.08 Å². The van der Waals surface area contributed by atoms with Gasteiger partial charge in [0.25, 0.3) is 5.91 Å². The van der Waals surface area contributed by atoms with Gasteiger partial charge in [0.15, 0.2) is 6.61 Å². The third-order valence-corrected chi connectivity index (χ3v) is 2.09. The Morgan fingerprint density at radius 1 is 1.25 bits per heavy atom. The molecule has 1 rings (SSSR count). The second-order valence-electron chi connectivity index (χ2n) is 3.74. The summed E-state index contributed by atoms with van der Waals surface area (Å²) in [5.41, 5.74) is 5.43. The van der Waals surface area contributed by atoms with Crippen molar-refractivity contribution >= 4 is 23.9 Å². The van der Waals surface area contributed by atoms with Crippen molar-refractivity contribution in [1.82, 2.24) is 5.32 Å². The smallest absolute Gasteiger partial charge is 0.331 e. The summed E-state index contributed by atoms with van der Waals surface area (Å²) in [5, 5.41) is 2.16. The van der Waals surface area contributed by atoms with Gasteiger partial charge < -0.3 is 15.8 Å². The Morgan fingerprint density at radius 2 is 1.90 bits per heavy atom. The number of benzene rings is 1. The molecule has 20 heavy (non-hydrogen) atoms. The van der Waals surface area contributed by atoms with Crippen molar-refractivity contribution < 1.29 is 23.5 Å². The molecular formula is C13H13FN2O4. The maximum Gasteiger partial charge on any atom is 0.331 e. The zero-order valence-electron chi connectivity index (χ0n) is 10.5. The predicted molar refractivity (Wildman–Crippen MR) is 68.6 cm³/mol. The van der Waals surface area contributed by atoms with Crippen molar-refractivity contribution in [3.63, 3.8) is 0 Å². The quantitative estimate of drug-likeness (QED) is 0.565. The molecule has 0 aliphatic rings. The minimum Gasteiger partial charge on any atom is -0.452 e. The van der Waals surface area contributed by atoms with Crippen molar-refractivity contribution in [2.24, 2.45) is 5.73 Å². The molecule has 3 N–H and O–H groups in total. The van der Waals surface area contributed by atoms with E-state index in [4.69, 9.17) is 5.73 Å². The fourth-order valence-corrected chi connectivity index (χ4v) is 1.16. The molecule has 0 radical (unpaired) electrons. The van der Waals surface area contributed by atoms with Gasteiger partial charge in [0, 0.05) is 6.08 Å². The van der Waals surface area contributed by atoms with E-state index in [1.54, 1.807) is 0 Å². The summed E-state index contributed by atoms with van der Waals surface area (Å²) in [6.45, 7) is -0.832. The highest BCUT2D eigenvalue weighted by Gasteiger charge is 2.05. The van der Waals surface area contributed by atoms with Crippen molar-refractivity contribution in [1.29, 1.82) is 0 Å². The molecule has 0 aliphatic heterocycles. The predicted octanol–water partition coefficient (Wildman–Crippen LogP) is -0.0164. The number of carbonyl (C=O) groups excluding carboxylic acids is 3. The highest BCUT2D eigenvalue weighted by molar-refractivity contribution is 5.90. The normalized spacial score (nSPS) is 10.2. The number of esters is 1. The Bertz CT molecular complexity index is 526. The molecule has 1 aromatic rings. The Balaban J connectivity index is 2.34. The molecule has 0 saturated heterocycles. The Kier molecular flexibility index (Phi) is 5.89. The highest BCUT2D eigenvalue weighted by Crippen LogP contribution is 2.04. The first-order valence-corrected chi connectivity index (χ1v) is 5.63. The van der Waals surface area contributed by atoms with Crippen LogP contribution in [0.5, 0.6) is 0 Å². The number of rotatable bonds is 6. The zero-order chi connectivity index (χ0) is 15.0. The molecule has 0 unspecified atom stereocenters. The van der Waals surface area contributed by atoms with Crippen LogP contribution in [0, 0.1) is 5.82 Å². The van der Waals surface area contributed by atoms with E-state index in [-0.39, 0.29) is 12.4 Å². The lowest BCUT2D eigenvalue weighted by Gasteiger charge is -2.02. The molecule has 7 heteroatoms. The third kappa shape index (κ3) is 6.29. The number of carbonyl (C=O) groups is 3. The van der Waals surface area contributed by atoms with E-state index in [1.807, 2.05) is 0 Å². The lowest BCUT2D eigenvalue weighted by Crippen LogP contribution is -2.35. The number of amides is 2. The van der Waals surface area contributed by atoms with Gasteiger partial charge in [-0.05, 0) is 23.8 Å². The molecular weight excluding hydrogens is 267 g/mol. The average Bonchev–Trinajstić information content (AvgIpc) is 2.42. The number of primary amides is 1. The highest BCUT2D eigenvalue weighted by atomic mass is 19.1. The first-order valence-electron chi connectivity index (χ1n) is 5.63. The van der Waals surface area contributed by atoms with Crippen LogP contribution in [-0.2, 0) is 19.1 Å². The summed E-state index contributed by atoms with van der Waals surface area (Å²) in [4.78, 5) is 32.8. The summed E-state index contributed by atoms with van der Waals surface area (Å²) in [7, 11) is 0.